The highest BCUT2D eigenvalue weighted by Crippen LogP contribution is 2.21. The fourth-order valence-corrected chi connectivity index (χ4v) is 3.64. The van der Waals surface area contributed by atoms with Gasteiger partial charge in [0.05, 0.1) is 12.8 Å². The van der Waals surface area contributed by atoms with E-state index in [0.717, 1.165) is 42.2 Å². The normalized spacial score (nSPS) is 19.6. The van der Waals surface area contributed by atoms with E-state index in [4.69, 9.17) is 9.57 Å². The average molecular weight is 397 g/mol. The first-order valence-electron chi connectivity index (χ1n) is 9.75. The van der Waals surface area contributed by atoms with Crippen LogP contribution in [0, 0.1) is 5.82 Å². The van der Waals surface area contributed by atoms with Crippen LogP contribution in [-0.4, -0.2) is 60.8 Å². The second kappa shape index (κ2) is 8.61. The topological polar surface area (TPSA) is 54.4 Å². The summed E-state index contributed by atoms with van der Waals surface area (Å²) < 4.78 is 18.2. The lowest BCUT2D eigenvalue weighted by molar-refractivity contribution is -0.143. The summed E-state index contributed by atoms with van der Waals surface area (Å²) in [4.78, 5) is 22.4. The fourth-order valence-electron chi connectivity index (χ4n) is 3.64. The molecule has 7 heteroatoms. The van der Waals surface area contributed by atoms with Gasteiger partial charge in [-0.05, 0) is 47.5 Å². The van der Waals surface area contributed by atoms with E-state index in [1.807, 2.05) is 29.2 Å². The molecule has 2 aliphatic rings. The van der Waals surface area contributed by atoms with E-state index in [0.29, 0.717) is 19.5 Å². The molecule has 0 spiro atoms. The number of benzene rings is 2. The molecule has 2 aromatic carbocycles. The molecular formula is C22H24FN3O3. The Bertz CT molecular complexity index is 875. The predicted molar refractivity (Wildman–Crippen MR) is 107 cm³/mol. The van der Waals surface area contributed by atoms with Crippen LogP contribution in [0.4, 0.5) is 4.39 Å². The SMILES string of the molecule is COc1ccc(C2=NO[C@@H](C(=O)N3CCN(Cc4ccc(F)cc4)CC3)C2)cc1. The molecule has 4 rings (SSSR count). The van der Waals surface area contributed by atoms with Crippen LogP contribution in [0.25, 0.3) is 0 Å². The van der Waals surface area contributed by atoms with Crippen LogP contribution in [-0.2, 0) is 16.2 Å². The number of oxime groups is 1. The van der Waals surface area contributed by atoms with Crippen LogP contribution >= 0.6 is 0 Å². The zero-order valence-electron chi connectivity index (χ0n) is 16.4. The standard InChI is InChI=1S/C22H24FN3O3/c1-28-19-8-4-17(5-9-19)20-14-21(29-24-20)22(27)26-12-10-25(11-13-26)15-16-2-6-18(23)7-3-16/h2-9,21H,10-15H2,1H3/t21-/m1/s1. The van der Waals surface area contributed by atoms with Gasteiger partial charge < -0.3 is 14.5 Å². The van der Waals surface area contributed by atoms with Crippen molar-refractivity contribution in [3.8, 4) is 5.75 Å². The minimum atomic E-state index is -0.559. The molecule has 0 aliphatic carbocycles. The number of ether oxygens (including phenoxy) is 1. The number of carbonyl (C=O) groups is 1. The van der Waals surface area contributed by atoms with Crippen LogP contribution < -0.4 is 4.74 Å². The summed E-state index contributed by atoms with van der Waals surface area (Å²) in [5.74, 6) is 0.537. The van der Waals surface area contributed by atoms with Gasteiger partial charge in [0.25, 0.3) is 5.91 Å². The van der Waals surface area contributed by atoms with Gasteiger partial charge in [0.1, 0.15) is 11.6 Å². The second-order valence-corrected chi connectivity index (χ2v) is 7.29. The average Bonchev–Trinajstić information content (AvgIpc) is 3.26. The Kier molecular flexibility index (Phi) is 5.76. The van der Waals surface area contributed by atoms with E-state index < -0.39 is 6.10 Å². The van der Waals surface area contributed by atoms with Crippen LogP contribution in [0.3, 0.4) is 0 Å². The number of hydrogen-bond donors (Lipinski definition) is 0. The number of rotatable bonds is 5. The summed E-state index contributed by atoms with van der Waals surface area (Å²) in [7, 11) is 1.62. The van der Waals surface area contributed by atoms with E-state index in [-0.39, 0.29) is 11.7 Å². The molecule has 29 heavy (non-hydrogen) atoms. The maximum Gasteiger partial charge on any atom is 0.266 e. The lowest BCUT2D eigenvalue weighted by atomic mass is 10.0. The summed E-state index contributed by atoms with van der Waals surface area (Å²) in [6, 6.07) is 14.1. The Morgan fingerprint density at radius 1 is 1.10 bits per heavy atom. The minimum Gasteiger partial charge on any atom is -0.497 e. The van der Waals surface area contributed by atoms with E-state index in [2.05, 4.69) is 10.1 Å². The first-order chi connectivity index (χ1) is 14.1. The first-order valence-corrected chi connectivity index (χ1v) is 9.75. The quantitative estimate of drug-likeness (QED) is 0.779. The Morgan fingerprint density at radius 2 is 1.79 bits per heavy atom. The van der Waals surface area contributed by atoms with Gasteiger partial charge in [-0.25, -0.2) is 4.39 Å². The highest BCUT2D eigenvalue weighted by Gasteiger charge is 2.33. The molecule has 0 radical (unpaired) electrons. The number of hydrogen-bond acceptors (Lipinski definition) is 5. The Morgan fingerprint density at radius 3 is 2.45 bits per heavy atom. The van der Waals surface area contributed by atoms with Gasteiger partial charge in [-0.15, -0.1) is 0 Å². The fraction of sp³-hybridized carbons (Fsp3) is 0.364. The van der Waals surface area contributed by atoms with E-state index in [1.54, 1.807) is 19.2 Å². The van der Waals surface area contributed by atoms with Gasteiger partial charge in [0.15, 0.2) is 0 Å². The van der Waals surface area contributed by atoms with Crippen molar-refractivity contribution in [2.75, 3.05) is 33.3 Å². The zero-order valence-corrected chi connectivity index (χ0v) is 16.4. The van der Waals surface area contributed by atoms with Crippen molar-refractivity contribution in [3.05, 3.63) is 65.5 Å². The summed E-state index contributed by atoms with van der Waals surface area (Å²) in [5.41, 5.74) is 2.79. The van der Waals surface area contributed by atoms with Gasteiger partial charge in [-0.1, -0.05) is 17.3 Å². The van der Waals surface area contributed by atoms with Gasteiger partial charge in [0, 0.05) is 39.1 Å². The number of halogens is 1. The summed E-state index contributed by atoms with van der Waals surface area (Å²) in [5, 5.41) is 4.12. The molecule has 6 nitrogen and oxygen atoms in total. The van der Waals surface area contributed by atoms with Crippen LogP contribution in [0.5, 0.6) is 5.75 Å². The van der Waals surface area contributed by atoms with Crippen LogP contribution in [0.2, 0.25) is 0 Å². The molecule has 1 atom stereocenters. The molecule has 0 unspecified atom stereocenters. The predicted octanol–water partition coefficient (Wildman–Crippen LogP) is 2.67. The second-order valence-electron chi connectivity index (χ2n) is 7.29. The molecule has 0 aromatic heterocycles. The molecule has 0 saturated carbocycles. The molecule has 2 heterocycles. The van der Waals surface area contributed by atoms with Gasteiger partial charge in [-0.3, -0.25) is 9.69 Å². The smallest absolute Gasteiger partial charge is 0.266 e. The number of methoxy groups -OCH3 is 1. The van der Waals surface area contributed by atoms with Crippen molar-refractivity contribution in [3.63, 3.8) is 0 Å². The maximum atomic E-state index is 13.0. The van der Waals surface area contributed by atoms with Crippen molar-refractivity contribution in [2.45, 2.75) is 19.1 Å². The van der Waals surface area contributed by atoms with Crippen LogP contribution in [0.1, 0.15) is 17.5 Å². The largest absolute Gasteiger partial charge is 0.497 e. The maximum absolute atomic E-state index is 13.0. The molecule has 2 aliphatic heterocycles. The number of nitrogens with zero attached hydrogens (tertiary/aromatic N) is 3. The number of amides is 1. The van der Waals surface area contributed by atoms with Crippen LogP contribution in [0.15, 0.2) is 53.7 Å². The molecule has 2 aromatic rings. The third-order valence-corrected chi connectivity index (χ3v) is 5.37. The highest BCUT2D eigenvalue weighted by molar-refractivity contribution is 6.04. The zero-order chi connectivity index (χ0) is 20.2. The summed E-state index contributed by atoms with van der Waals surface area (Å²) >= 11 is 0. The minimum absolute atomic E-state index is 0.0151. The van der Waals surface area contributed by atoms with Crippen molar-refractivity contribution >= 4 is 11.6 Å². The molecular weight excluding hydrogens is 373 g/mol. The number of carbonyl (C=O) groups excluding carboxylic acids is 1. The van der Waals surface area contributed by atoms with Gasteiger partial charge >= 0.3 is 0 Å². The van der Waals surface area contributed by atoms with Gasteiger partial charge in [-0.2, -0.15) is 0 Å². The van der Waals surface area contributed by atoms with E-state index in [1.165, 1.54) is 12.1 Å². The molecule has 0 N–H and O–H groups in total. The lowest BCUT2D eigenvalue weighted by Gasteiger charge is -2.35. The molecule has 1 amide bonds. The molecule has 1 saturated heterocycles. The lowest BCUT2D eigenvalue weighted by Crippen LogP contribution is -2.51. The van der Waals surface area contributed by atoms with Crippen molar-refractivity contribution < 1.29 is 18.8 Å². The Balaban J connectivity index is 1.27. The van der Waals surface area contributed by atoms with Crippen molar-refractivity contribution in [1.82, 2.24) is 9.80 Å². The summed E-state index contributed by atoms with van der Waals surface area (Å²) in [6.45, 7) is 3.62. The number of piperazine rings is 1. The van der Waals surface area contributed by atoms with Crippen molar-refractivity contribution in [1.29, 1.82) is 0 Å². The monoisotopic (exact) mass is 397 g/mol. The first kappa shape index (κ1) is 19.4. The Hall–Kier alpha value is -2.93. The third kappa shape index (κ3) is 4.56. The van der Waals surface area contributed by atoms with E-state index >= 15 is 0 Å². The Labute approximate surface area is 169 Å². The van der Waals surface area contributed by atoms with Gasteiger partial charge in [0.2, 0.25) is 6.10 Å². The third-order valence-electron chi connectivity index (χ3n) is 5.37. The summed E-state index contributed by atoms with van der Waals surface area (Å²) in [6.07, 6.45) is -0.0863. The van der Waals surface area contributed by atoms with E-state index in [9.17, 15) is 9.18 Å². The highest BCUT2D eigenvalue weighted by atomic mass is 19.1. The molecule has 1 fully saturated rings. The van der Waals surface area contributed by atoms with Crippen molar-refractivity contribution in [2.24, 2.45) is 5.16 Å². The molecule has 0 bridgehead atoms. The molecule has 152 valence electrons.